The summed E-state index contributed by atoms with van der Waals surface area (Å²) in [5, 5.41) is 0. The van der Waals surface area contributed by atoms with Crippen LogP contribution < -0.4 is 0 Å². The first-order valence-corrected chi connectivity index (χ1v) is 9.17. The van der Waals surface area contributed by atoms with Crippen LogP contribution in [0, 0.1) is 0 Å². The fourth-order valence-corrected chi connectivity index (χ4v) is 4.88. The summed E-state index contributed by atoms with van der Waals surface area (Å²) >= 11 is 0. The summed E-state index contributed by atoms with van der Waals surface area (Å²) in [6, 6.07) is 17.5. The molecular formula is C22H22F3N. The number of benzene rings is 2. The zero-order chi connectivity index (χ0) is 18.4. The summed E-state index contributed by atoms with van der Waals surface area (Å²) < 4.78 is 40.8. The fraction of sp³-hybridized carbons (Fsp3) is 0.409. The van der Waals surface area contributed by atoms with E-state index in [1.807, 2.05) is 61.5 Å². The number of fused-ring (bicyclic) bond motifs is 3. The van der Waals surface area contributed by atoms with E-state index in [1.165, 1.54) is 0 Å². The molecule has 1 fully saturated rings. The average Bonchev–Trinajstić information content (AvgIpc) is 2.61. The Balaban J connectivity index is 1.99. The first-order valence-electron chi connectivity index (χ1n) is 9.17. The SMILES string of the molecule is C[C@@]12CCCC[C@]1(CC(F)(F)F)N=C(c1ccccc1)c1ccccc12. The van der Waals surface area contributed by atoms with Crippen LogP contribution in [0.5, 0.6) is 0 Å². The van der Waals surface area contributed by atoms with Crippen molar-refractivity contribution in [1.29, 1.82) is 0 Å². The largest absolute Gasteiger partial charge is 0.391 e. The Morgan fingerprint density at radius 2 is 1.58 bits per heavy atom. The maximum atomic E-state index is 13.6. The highest BCUT2D eigenvalue weighted by molar-refractivity contribution is 6.15. The molecule has 1 saturated carbocycles. The maximum Gasteiger partial charge on any atom is 0.391 e. The van der Waals surface area contributed by atoms with E-state index in [-0.39, 0.29) is 0 Å². The number of aliphatic imine (C=N–C) groups is 1. The molecule has 2 aromatic carbocycles. The van der Waals surface area contributed by atoms with Crippen molar-refractivity contribution >= 4 is 5.71 Å². The van der Waals surface area contributed by atoms with E-state index in [0.29, 0.717) is 12.1 Å². The van der Waals surface area contributed by atoms with Gasteiger partial charge in [0, 0.05) is 16.5 Å². The van der Waals surface area contributed by atoms with Crippen LogP contribution in [0.2, 0.25) is 0 Å². The Morgan fingerprint density at radius 3 is 2.31 bits per heavy atom. The maximum absolute atomic E-state index is 13.6. The van der Waals surface area contributed by atoms with Gasteiger partial charge in [0.15, 0.2) is 0 Å². The summed E-state index contributed by atoms with van der Waals surface area (Å²) in [6.45, 7) is 1.99. The third kappa shape index (κ3) is 2.67. The van der Waals surface area contributed by atoms with Crippen molar-refractivity contribution in [3.05, 3.63) is 71.3 Å². The minimum absolute atomic E-state index is 0.480. The van der Waals surface area contributed by atoms with E-state index in [9.17, 15) is 13.2 Å². The average molecular weight is 357 g/mol. The number of hydrogen-bond acceptors (Lipinski definition) is 1. The van der Waals surface area contributed by atoms with Crippen molar-refractivity contribution in [2.24, 2.45) is 4.99 Å². The molecule has 2 aromatic rings. The van der Waals surface area contributed by atoms with Crippen molar-refractivity contribution in [3.63, 3.8) is 0 Å². The second-order valence-electron chi connectivity index (χ2n) is 7.73. The van der Waals surface area contributed by atoms with Gasteiger partial charge in [0.1, 0.15) is 0 Å². The molecule has 26 heavy (non-hydrogen) atoms. The standard InChI is InChI=1S/C22H22F3N/c1-20-13-7-8-14-21(20,15-22(23,24)25)26-19(16-9-3-2-4-10-16)17-11-5-6-12-18(17)20/h2-6,9-12H,7-8,13-15H2,1H3/t20-,21+/m0/s1. The van der Waals surface area contributed by atoms with Gasteiger partial charge in [0.2, 0.25) is 0 Å². The van der Waals surface area contributed by atoms with Gasteiger partial charge in [0.25, 0.3) is 0 Å². The normalized spacial score (nSPS) is 28.1. The Morgan fingerprint density at radius 1 is 0.923 bits per heavy atom. The van der Waals surface area contributed by atoms with Gasteiger partial charge in [-0.05, 0) is 18.4 Å². The van der Waals surface area contributed by atoms with Gasteiger partial charge in [-0.25, -0.2) is 0 Å². The van der Waals surface area contributed by atoms with Crippen molar-refractivity contribution in [1.82, 2.24) is 0 Å². The topological polar surface area (TPSA) is 12.4 Å². The van der Waals surface area contributed by atoms with E-state index in [2.05, 4.69) is 0 Å². The summed E-state index contributed by atoms with van der Waals surface area (Å²) in [5.41, 5.74) is 1.86. The highest BCUT2D eigenvalue weighted by Crippen LogP contribution is 2.56. The Labute approximate surface area is 152 Å². The lowest BCUT2D eigenvalue weighted by atomic mass is 9.55. The molecule has 136 valence electrons. The molecule has 4 heteroatoms. The van der Waals surface area contributed by atoms with Crippen LogP contribution in [-0.2, 0) is 5.41 Å². The zero-order valence-corrected chi connectivity index (χ0v) is 14.8. The third-order valence-corrected chi connectivity index (χ3v) is 6.19. The van der Waals surface area contributed by atoms with Crippen LogP contribution in [-0.4, -0.2) is 17.4 Å². The van der Waals surface area contributed by atoms with E-state index >= 15 is 0 Å². The van der Waals surface area contributed by atoms with Crippen molar-refractivity contribution in [2.45, 2.75) is 56.2 Å². The third-order valence-electron chi connectivity index (χ3n) is 6.19. The molecular weight excluding hydrogens is 335 g/mol. The zero-order valence-electron chi connectivity index (χ0n) is 14.8. The minimum atomic E-state index is -4.24. The predicted octanol–water partition coefficient (Wildman–Crippen LogP) is 6.06. The van der Waals surface area contributed by atoms with Crippen LogP contribution in [0.15, 0.2) is 59.6 Å². The number of rotatable bonds is 2. The van der Waals surface area contributed by atoms with Gasteiger partial charge in [-0.1, -0.05) is 74.4 Å². The smallest absolute Gasteiger partial charge is 0.276 e. The molecule has 1 nitrogen and oxygen atoms in total. The highest BCUT2D eigenvalue weighted by atomic mass is 19.4. The van der Waals surface area contributed by atoms with E-state index < -0.39 is 23.6 Å². The van der Waals surface area contributed by atoms with Crippen LogP contribution in [0.1, 0.15) is 55.7 Å². The number of nitrogens with zero attached hydrogens (tertiary/aromatic N) is 1. The first-order chi connectivity index (χ1) is 12.3. The second-order valence-corrected chi connectivity index (χ2v) is 7.73. The molecule has 2 aliphatic rings. The molecule has 2 atom stereocenters. The fourth-order valence-electron chi connectivity index (χ4n) is 4.88. The quantitative estimate of drug-likeness (QED) is 0.619. The molecule has 1 heterocycles. The van der Waals surface area contributed by atoms with Crippen LogP contribution in [0.4, 0.5) is 13.2 Å². The number of alkyl halides is 3. The van der Waals surface area contributed by atoms with Crippen LogP contribution >= 0.6 is 0 Å². The van der Waals surface area contributed by atoms with Gasteiger partial charge >= 0.3 is 6.18 Å². The molecule has 0 radical (unpaired) electrons. The number of halogens is 3. The molecule has 1 aliphatic carbocycles. The van der Waals surface area contributed by atoms with Crippen LogP contribution in [0.25, 0.3) is 0 Å². The number of hydrogen-bond donors (Lipinski definition) is 0. The van der Waals surface area contributed by atoms with Gasteiger partial charge in [-0.3, -0.25) is 4.99 Å². The minimum Gasteiger partial charge on any atom is -0.276 e. The van der Waals surface area contributed by atoms with Crippen molar-refractivity contribution in [2.75, 3.05) is 0 Å². The molecule has 0 bridgehead atoms. The van der Waals surface area contributed by atoms with E-state index in [0.717, 1.165) is 36.0 Å². The molecule has 0 N–H and O–H groups in total. The highest BCUT2D eigenvalue weighted by Gasteiger charge is 2.58. The molecule has 0 unspecified atom stereocenters. The Hall–Kier alpha value is -2.10. The van der Waals surface area contributed by atoms with Gasteiger partial charge in [-0.2, -0.15) is 13.2 Å². The summed E-state index contributed by atoms with van der Waals surface area (Å²) in [7, 11) is 0. The van der Waals surface area contributed by atoms with E-state index in [1.54, 1.807) is 0 Å². The Kier molecular flexibility index (Phi) is 3.98. The summed E-state index contributed by atoms with van der Waals surface area (Å²) in [6.07, 6.45) is -2.14. The van der Waals surface area contributed by atoms with E-state index in [4.69, 9.17) is 4.99 Å². The van der Waals surface area contributed by atoms with Crippen LogP contribution in [0.3, 0.4) is 0 Å². The monoisotopic (exact) mass is 357 g/mol. The molecule has 0 amide bonds. The summed E-state index contributed by atoms with van der Waals surface area (Å²) in [5.74, 6) is 0. The predicted molar refractivity (Wildman–Crippen MR) is 97.7 cm³/mol. The molecule has 4 rings (SSSR count). The Bertz CT molecular complexity index is 840. The van der Waals surface area contributed by atoms with Gasteiger partial charge in [-0.15, -0.1) is 0 Å². The van der Waals surface area contributed by atoms with Gasteiger partial charge in [0.05, 0.1) is 17.7 Å². The second kappa shape index (κ2) is 5.97. The molecule has 1 aliphatic heterocycles. The summed E-state index contributed by atoms with van der Waals surface area (Å²) in [4.78, 5) is 4.90. The van der Waals surface area contributed by atoms with Crippen molar-refractivity contribution < 1.29 is 13.2 Å². The lowest BCUT2D eigenvalue weighted by molar-refractivity contribution is -0.156. The molecule has 0 aromatic heterocycles. The molecule has 0 spiro atoms. The lowest BCUT2D eigenvalue weighted by Gasteiger charge is -2.53. The van der Waals surface area contributed by atoms with Gasteiger partial charge < -0.3 is 0 Å². The lowest BCUT2D eigenvalue weighted by Crippen LogP contribution is -2.56. The first kappa shape index (κ1) is 17.3. The van der Waals surface area contributed by atoms with Crippen molar-refractivity contribution in [3.8, 4) is 0 Å². The molecule has 0 saturated heterocycles.